The number of carbonyl (C=O) groups excluding carboxylic acids is 1. The number of amides is 1. The Morgan fingerprint density at radius 1 is 0.787 bits per heavy atom. The second kappa shape index (κ2) is 15.8. The van der Waals surface area contributed by atoms with Gasteiger partial charge in [-0.25, -0.2) is 9.59 Å². The molecule has 2 aliphatic rings. The van der Waals surface area contributed by atoms with Crippen molar-refractivity contribution in [2.24, 2.45) is 0 Å². The van der Waals surface area contributed by atoms with E-state index < -0.39 is 5.60 Å². The fourth-order valence-corrected chi connectivity index (χ4v) is 7.39. The largest absolute Gasteiger partial charge is 0.443 e. The Morgan fingerprint density at radius 3 is 2.11 bits per heavy atom. The Labute approximate surface area is 279 Å². The summed E-state index contributed by atoms with van der Waals surface area (Å²) in [6.07, 6.45) is 11.1. The molecule has 1 aromatic heterocycles. The summed E-state index contributed by atoms with van der Waals surface area (Å²) in [5, 5.41) is 3.00. The lowest BCUT2D eigenvalue weighted by Crippen LogP contribution is -2.46. The molecule has 0 radical (unpaired) electrons. The Bertz CT molecular complexity index is 1630. The minimum atomic E-state index is -0.439. The van der Waals surface area contributed by atoms with E-state index in [9.17, 15) is 9.59 Å². The molecular weight excluding hydrogens is 586 g/mol. The number of anilines is 1. The number of ether oxygens (including phenoxy) is 1. The molecule has 8 heteroatoms. The normalized spacial score (nSPS) is 17.6. The number of para-hydroxylation sites is 3. The third-order valence-corrected chi connectivity index (χ3v) is 10.2. The number of piperidine rings is 2. The number of hydrogen-bond donors (Lipinski definition) is 2. The standard InChI is InChI=1S/C39H51N5O3/c1-39(47-38(46)41-34-18-10-9-17-33(34)31-15-7-6-8-16-31)23-29-43(30-24-39)26-14-5-3-2-4-13-25-42-27-21-32(22-28-42)44-36-20-12-11-19-35(36)40-37(44)45/h6-12,15-20,32H,2-5,13-14,21-30H2,1H3,(H,40,45)(H,41,46). The Kier molecular flexibility index (Phi) is 11.1. The first kappa shape index (κ1) is 33.0. The second-order valence-corrected chi connectivity index (χ2v) is 13.7. The SMILES string of the molecule is CC1(OC(=O)Nc2ccccc2-c2ccccc2)CCN(CCCCCCCCN2CCC(n3c(=O)[nH]c4ccccc43)CC2)CC1. The average Bonchev–Trinajstić information content (AvgIpc) is 3.43. The number of aromatic nitrogens is 2. The summed E-state index contributed by atoms with van der Waals surface area (Å²) >= 11 is 0. The van der Waals surface area contributed by atoms with E-state index in [0.29, 0.717) is 6.04 Å². The summed E-state index contributed by atoms with van der Waals surface area (Å²) in [6.45, 7) is 8.45. The molecule has 4 aromatic rings. The highest BCUT2D eigenvalue weighted by Gasteiger charge is 2.33. The topological polar surface area (TPSA) is 82.6 Å². The number of likely N-dealkylation sites (tertiary alicyclic amines) is 2. The van der Waals surface area contributed by atoms with E-state index in [1.165, 1.54) is 45.1 Å². The van der Waals surface area contributed by atoms with Gasteiger partial charge in [0.1, 0.15) is 5.60 Å². The predicted molar refractivity (Wildman–Crippen MR) is 191 cm³/mol. The minimum absolute atomic E-state index is 0.0268. The van der Waals surface area contributed by atoms with Crippen molar-refractivity contribution in [1.82, 2.24) is 19.4 Å². The van der Waals surface area contributed by atoms with Gasteiger partial charge in [-0.15, -0.1) is 0 Å². The van der Waals surface area contributed by atoms with Gasteiger partial charge < -0.3 is 19.5 Å². The van der Waals surface area contributed by atoms with Gasteiger partial charge in [-0.2, -0.15) is 0 Å². The third kappa shape index (κ3) is 8.73. The molecule has 8 nitrogen and oxygen atoms in total. The van der Waals surface area contributed by atoms with E-state index in [1.54, 1.807) is 0 Å². The van der Waals surface area contributed by atoms with Crippen LogP contribution in [-0.4, -0.2) is 70.3 Å². The average molecular weight is 638 g/mol. The lowest BCUT2D eigenvalue weighted by Gasteiger charge is -2.38. The van der Waals surface area contributed by atoms with Crippen molar-refractivity contribution in [2.45, 2.75) is 82.8 Å². The maximum atomic E-state index is 12.9. The predicted octanol–water partition coefficient (Wildman–Crippen LogP) is 8.08. The van der Waals surface area contributed by atoms with Crippen LogP contribution in [-0.2, 0) is 4.74 Å². The molecule has 2 saturated heterocycles. The highest BCUT2D eigenvalue weighted by Crippen LogP contribution is 2.30. The first-order chi connectivity index (χ1) is 23.0. The van der Waals surface area contributed by atoms with Gasteiger partial charge in [-0.3, -0.25) is 9.88 Å². The van der Waals surface area contributed by atoms with Crippen molar-refractivity contribution in [3.05, 3.63) is 89.3 Å². The molecule has 3 heterocycles. The summed E-state index contributed by atoms with van der Waals surface area (Å²) in [6, 6.07) is 26.3. The Balaban J connectivity index is 0.811. The molecule has 0 aliphatic carbocycles. The smallest absolute Gasteiger partial charge is 0.412 e. The van der Waals surface area contributed by atoms with Gasteiger partial charge in [0.05, 0.1) is 16.7 Å². The first-order valence-corrected chi connectivity index (χ1v) is 17.8. The molecule has 0 atom stereocenters. The maximum Gasteiger partial charge on any atom is 0.412 e. The van der Waals surface area contributed by atoms with Crippen LogP contribution in [0.25, 0.3) is 22.2 Å². The number of hydrogen-bond acceptors (Lipinski definition) is 5. The van der Waals surface area contributed by atoms with Crippen LogP contribution < -0.4 is 11.0 Å². The quantitative estimate of drug-likeness (QED) is 0.145. The van der Waals surface area contributed by atoms with Crippen LogP contribution in [0.5, 0.6) is 0 Å². The monoisotopic (exact) mass is 637 g/mol. The van der Waals surface area contributed by atoms with Crippen molar-refractivity contribution >= 4 is 22.8 Å². The number of aromatic amines is 1. The number of nitrogens with one attached hydrogen (secondary N) is 2. The van der Waals surface area contributed by atoms with Crippen LogP contribution in [0.4, 0.5) is 10.5 Å². The van der Waals surface area contributed by atoms with Crippen LogP contribution in [0, 0.1) is 0 Å². The molecule has 250 valence electrons. The lowest BCUT2D eigenvalue weighted by molar-refractivity contribution is -0.0163. The van der Waals surface area contributed by atoms with E-state index >= 15 is 0 Å². The summed E-state index contributed by atoms with van der Waals surface area (Å²) in [5.41, 5.74) is 4.38. The lowest BCUT2D eigenvalue weighted by atomic mass is 9.93. The fraction of sp³-hybridized carbons (Fsp3) is 0.487. The molecule has 6 rings (SSSR count). The second-order valence-electron chi connectivity index (χ2n) is 13.7. The van der Waals surface area contributed by atoms with Crippen LogP contribution in [0.15, 0.2) is 83.7 Å². The van der Waals surface area contributed by atoms with Gasteiger partial charge in [0.2, 0.25) is 0 Å². The van der Waals surface area contributed by atoms with Crippen LogP contribution >= 0.6 is 0 Å². The zero-order valence-corrected chi connectivity index (χ0v) is 28.0. The van der Waals surface area contributed by atoms with Gasteiger partial charge in [0, 0.05) is 37.8 Å². The van der Waals surface area contributed by atoms with E-state index in [1.807, 2.05) is 83.4 Å². The fourth-order valence-electron chi connectivity index (χ4n) is 7.39. The number of rotatable bonds is 13. The zero-order valence-electron chi connectivity index (χ0n) is 28.0. The first-order valence-electron chi connectivity index (χ1n) is 17.8. The van der Waals surface area contributed by atoms with Gasteiger partial charge in [-0.05, 0) is 82.3 Å². The number of imidazole rings is 1. The van der Waals surface area contributed by atoms with E-state index in [0.717, 1.165) is 86.3 Å². The van der Waals surface area contributed by atoms with Crippen LogP contribution in [0.2, 0.25) is 0 Å². The number of nitrogens with zero attached hydrogens (tertiary/aromatic N) is 3. The minimum Gasteiger partial charge on any atom is -0.443 e. The highest BCUT2D eigenvalue weighted by molar-refractivity contribution is 5.91. The van der Waals surface area contributed by atoms with E-state index in [2.05, 4.69) is 27.0 Å². The van der Waals surface area contributed by atoms with Gasteiger partial charge in [-0.1, -0.05) is 86.3 Å². The molecule has 47 heavy (non-hydrogen) atoms. The van der Waals surface area contributed by atoms with Gasteiger partial charge in [0.25, 0.3) is 0 Å². The number of H-pyrrole nitrogens is 1. The molecular formula is C39H51N5O3. The number of unbranched alkanes of at least 4 members (excludes halogenated alkanes) is 5. The summed E-state index contributed by atoms with van der Waals surface area (Å²) in [5.74, 6) is 0. The molecule has 2 fully saturated rings. The van der Waals surface area contributed by atoms with Gasteiger partial charge >= 0.3 is 11.8 Å². The van der Waals surface area contributed by atoms with E-state index in [4.69, 9.17) is 4.74 Å². The third-order valence-electron chi connectivity index (χ3n) is 10.2. The molecule has 2 N–H and O–H groups in total. The molecule has 0 bridgehead atoms. The molecule has 0 spiro atoms. The Hall–Kier alpha value is -3.88. The summed E-state index contributed by atoms with van der Waals surface area (Å²) < 4.78 is 7.98. The highest BCUT2D eigenvalue weighted by atomic mass is 16.6. The molecule has 0 saturated carbocycles. The summed E-state index contributed by atoms with van der Waals surface area (Å²) in [7, 11) is 0. The van der Waals surface area contributed by atoms with Crippen molar-refractivity contribution in [3.8, 4) is 11.1 Å². The van der Waals surface area contributed by atoms with Crippen molar-refractivity contribution in [3.63, 3.8) is 0 Å². The molecule has 2 aliphatic heterocycles. The summed E-state index contributed by atoms with van der Waals surface area (Å²) in [4.78, 5) is 33.6. The van der Waals surface area contributed by atoms with Crippen molar-refractivity contribution in [2.75, 3.05) is 44.6 Å². The van der Waals surface area contributed by atoms with Crippen molar-refractivity contribution < 1.29 is 9.53 Å². The molecule has 1 amide bonds. The number of carbonyl (C=O) groups is 1. The zero-order chi connectivity index (χ0) is 32.5. The van der Waals surface area contributed by atoms with Gasteiger partial charge in [0.15, 0.2) is 0 Å². The van der Waals surface area contributed by atoms with E-state index in [-0.39, 0.29) is 11.8 Å². The van der Waals surface area contributed by atoms with Crippen LogP contribution in [0.3, 0.4) is 0 Å². The van der Waals surface area contributed by atoms with Crippen LogP contribution in [0.1, 0.15) is 77.2 Å². The number of benzene rings is 3. The van der Waals surface area contributed by atoms with Crippen molar-refractivity contribution in [1.29, 1.82) is 0 Å². The Morgan fingerprint density at radius 2 is 1.38 bits per heavy atom. The number of fused-ring (bicyclic) bond motifs is 1. The molecule has 0 unspecified atom stereocenters. The molecule has 3 aromatic carbocycles. The maximum absolute atomic E-state index is 12.9.